The standard InChI is InChI=1S/C18H14O5S/c1-11-6-12(9-14(7-11)24(21,22)23)8-13-10-17(19)15-4-2-3-5-16(15)18(13)20/h2-7,9-10H,8H2,1H3,(H,21,22,23). The Labute approximate surface area is 139 Å². The van der Waals surface area contributed by atoms with Crippen LogP contribution in [0, 0.1) is 6.92 Å². The number of fused-ring (bicyclic) bond motifs is 1. The Morgan fingerprint density at radius 2 is 1.67 bits per heavy atom. The number of aryl methyl sites for hydroxylation is 1. The van der Waals surface area contributed by atoms with E-state index < -0.39 is 10.1 Å². The lowest BCUT2D eigenvalue weighted by Crippen LogP contribution is -2.18. The van der Waals surface area contributed by atoms with Crippen molar-refractivity contribution in [3.05, 3.63) is 76.4 Å². The fraction of sp³-hybridized carbons (Fsp3) is 0.111. The van der Waals surface area contributed by atoms with E-state index in [1.165, 1.54) is 18.2 Å². The van der Waals surface area contributed by atoms with Gasteiger partial charge in [0, 0.05) is 23.1 Å². The molecule has 5 nitrogen and oxygen atoms in total. The van der Waals surface area contributed by atoms with E-state index in [0.29, 0.717) is 27.8 Å². The lowest BCUT2D eigenvalue weighted by molar-refractivity contribution is 0.0982. The minimum atomic E-state index is -4.33. The maximum Gasteiger partial charge on any atom is 0.294 e. The summed E-state index contributed by atoms with van der Waals surface area (Å²) in [6, 6.07) is 11.0. The van der Waals surface area contributed by atoms with Gasteiger partial charge >= 0.3 is 0 Å². The summed E-state index contributed by atoms with van der Waals surface area (Å²) in [5.74, 6) is -0.497. The molecule has 0 spiro atoms. The maximum absolute atomic E-state index is 12.5. The zero-order valence-electron chi connectivity index (χ0n) is 12.8. The monoisotopic (exact) mass is 342 g/mol. The number of benzene rings is 2. The average molecular weight is 342 g/mol. The number of hydrogen-bond donors (Lipinski definition) is 1. The number of carbonyl (C=O) groups is 2. The highest BCUT2D eigenvalue weighted by Crippen LogP contribution is 2.25. The van der Waals surface area contributed by atoms with Crippen molar-refractivity contribution in [2.24, 2.45) is 0 Å². The second-order valence-electron chi connectivity index (χ2n) is 5.71. The Morgan fingerprint density at radius 1 is 1.00 bits per heavy atom. The fourth-order valence-electron chi connectivity index (χ4n) is 2.80. The number of Topliss-reactive ketones (excluding diaryl/α,β-unsaturated/α-hetero) is 1. The van der Waals surface area contributed by atoms with Gasteiger partial charge in [0.25, 0.3) is 10.1 Å². The van der Waals surface area contributed by atoms with E-state index in [2.05, 4.69) is 0 Å². The van der Waals surface area contributed by atoms with Gasteiger partial charge in [-0.1, -0.05) is 30.3 Å². The summed E-state index contributed by atoms with van der Waals surface area (Å²) >= 11 is 0. The second-order valence-corrected chi connectivity index (χ2v) is 7.14. The third kappa shape index (κ3) is 3.06. The van der Waals surface area contributed by atoms with Crippen LogP contribution < -0.4 is 0 Å². The summed E-state index contributed by atoms with van der Waals surface area (Å²) in [6.07, 6.45) is 1.41. The van der Waals surface area contributed by atoms with Crippen LogP contribution in [-0.2, 0) is 16.5 Å². The third-order valence-corrected chi connectivity index (χ3v) is 4.67. The maximum atomic E-state index is 12.5. The molecular weight excluding hydrogens is 328 g/mol. The molecule has 0 radical (unpaired) electrons. The van der Waals surface area contributed by atoms with Crippen molar-refractivity contribution in [3.8, 4) is 0 Å². The van der Waals surface area contributed by atoms with Crippen LogP contribution in [0.3, 0.4) is 0 Å². The minimum Gasteiger partial charge on any atom is -0.289 e. The van der Waals surface area contributed by atoms with Crippen molar-refractivity contribution >= 4 is 21.7 Å². The number of carbonyl (C=O) groups excluding carboxylic acids is 2. The summed E-state index contributed by atoms with van der Waals surface area (Å²) in [4.78, 5) is 24.5. The van der Waals surface area contributed by atoms with Crippen LogP contribution in [0.25, 0.3) is 0 Å². The molecule has 0 heterocycles. The molecule has 0 amide bonds. The van der Waals surface area contributed by atoms with Gasteiger partial charge < -0.3 is 0 Å². The van der Waals surface area contributed by atoms with Crippen LogP contribution in [0.1, 0.15) is 31.8 Å². The van der Waals surface area contributed by atoms with Gasteiger partial charge in [-0.25, -0.2) is 0 Å². The largest absolute Gasteiger partial charge is 0.294 e. The molecule has 1 aliphatic carbocycles. The SMILES string of the molecule is Cc1cc(CC2=CC(=O)c3ccccc3C2=O)cc(S(=O)(=O)O)c1. The zero-order valence-corrected chi connectivity index (χ0v) is 13.6. The summed E-state index contributed by atoms with van der Waals surface area (Å²) in [5, 5.41) is 0. The normalized spacial score (nSPS) is 14.3. The van der Waals surface area contributed by atoms with E-state index in [1.54, 1.807) is 37.3 Å². The van der Waals surface area contributed by atoms with Crippen LogP contribution in [0.2, 0.25) is 0 Å². The van der Waals surface area contributed by atoms with Crippen LogP contribution in [0.4, 0.5) is 0 Å². The van der Waals surface area contributed by atoms with E-state index in [4.69, 9.17) is 0 Å². The Balaban J connectivity index is 2.00. The first-order valence-electron chi connectivity index (χ1n) is 7.22. The van der Waals surface area contributed by atoms with E-state index in [-0.39, 0.29) is 22.9 Å². The molecule has 0 atom stereocenters. The van der Waals surface area contributed by atoms with Gasteiger partial charge in [-0.05, 0) is 36.3 Å². The van der Waals surface area contributed by atoms with Gasteiger partial charge in [-0.3, -0.25) is 14.1 Å². The quantitative estimate of drug-likeness (QED) is 0.867. The third-order valence-electron chi connectivity index (χ3n) is 3.84. The summed E-state index contributed by atoms with van der Waals surface area (Å²) in [7, 11) is -4.33. The molecule has 1 aliphatic rings. The molecule has 0 aliphatic heterocycles. The Bertz CT molecular complexity index is 1000. The molecule has 122 valence electrons. The highest BCUT2D eigenvalue weighted by molar-refractivity contribution is 7.85. The van der Waals surface area contributed by atoms with Crippen LogP contribution in [0.5, 0.6) is 0 Å². The number of ketones is 2. The molecule has 2 aromatic rings. The topological polar surface area (TPSA) is 88.5 Å². The lowest BCUT2D eigenvalue weighted by Gasteiger charge is -2.15. The molecule has 1 N–H and O–H groups in total. The van der Waals surface area contributed by atoms with E-state index in [1.807, 2.05) is 0 Å². The highest BCUT2D eigenvalue weighted by Gasteiger charge is 2.25. The molecule has 3 rings (SSSR count). The molecule has 0 bridgehead atoms. The molecule has 0 saturated carbocycles. The first-order chi connectivity index (χ1) is 11.3. The first-order valence-corrected chi connectivity index (χ1v) is 8.66. The van der Waals surface area contributed by atoms with Gasteiger partial charge in [-0.15, -0.1) is 0 Å². The molecule has 0 unspecified atom stereocenters. The smallest absolute Gasteiger partial charge is 0.289 e. The number of hydrogen-bond acceptors (Lipinski definition) is 4. The van der Waals surface area contributed by atoms with Gasteiger partial charge in [0.15, 0.2) is 11.6 Å². The van der Waals surface area contributed by atoms with Gasteiger partial charge in [-0.2, -0.15) is 8.42 Å². The molecule has 0 saturated heterocycles. The van der Waals surface area contributed by atoms with Crippen molar-refractivity contribution in [1.82, 2.24) is 0 Å². The Hall–Kier alpha value is -2.57. The zero-order chi connectivity index (χ0) is 17.5. The first kappa shape index (κ1) is 16.3. The average Bonchev–Trinajstić information content (AvgIpc) is 2.51. The predicted molar refractivity (Wildman–Crippen MR) is 87.9 cm³/mol. The fourth-order valence-corrected chi connectivity index (χ4v) is 3.43. The van der Waals surface area contributed by atoms with Gasteiger partial charge in [0.05, 0.1) is 4.90 Å². The lowest BCUT2D eigenvalue weighted by atomic mass is 9.86. The van der Waals surface area contributed by atoms with Crippen LogP contribution in [-0.4, -0.2) is 24.5 Å². The van der Waals surface area contributed by atoms with Crippen LogP contribution >= 0.6 is 0 Å². The predicted octanol–water partition coefficient (Wildman–Crippen LogP) is 2.79. The van der Waals surface area contributed by atoms with Crippen molar-refractivity contribution < 1.29 is 22.6 Å². The van der Waals surface area contributed by atoms with E-state index in [9.17, 15) is 22.6 Å². The molecule has 24 heavy (non-hydrogen) atoms. The number of allylic oxidation sites excluding steroid dienone is 2. The van der Waals surface area contributed by atoms with Crippen molar-refractivity contribution in [2.45, 2.75) is 18.2 Å². The summed E-state index contributed by atoms with van der Waals surface area (Å²) in [6.45, 7) is 1.69. The van der Waals surface area contributed by atoms with Crippen molar-refractivity contribution in [3.63, 3.8) is 0 Å². The summed E-state index contributed by atoms with van der Waals surface area (Å²) < 4.78 is 31.9. The minimum absolute atomic E-state index is 0.114. The van der Waals surface area contributed by atoms with E-state index >= 15 is 0 Å². The second kappa shape index (κ2) is 5.81. The van der Waals surface area contributed by atoms with Gasteiger partial charge in [0.1, 0.15) is 0 Å². The molecule has 0 aromatic heterocycles. The van der Waals surface area contributed by atoms with Crippen molar-refractivity contribution in [1.29, 1.82) is 0 Å². The molecular formula is C18H14O5S. The highest BCUT2D eigenvalue weighted by atomic mass is 32.2. The summed E-state index contributed by atoms with van der Waals surface area (Å²) in [5.41, 5.74) is 2.19. The van der Waals surface area contributed by atoms with Crippen LogP contribution in [0.15, 0.2) is 59.0 Å². The molecule has 0 fully saturated rings. The number of rotatable bonds is 3. The van der Waals surface area contributed by atoms with Gasteiger partial charge in [0.2, 0.25) is 0 Å². The Morgan fingerprint density at radius 3 is 2.33 bits per heavy atom. The Kier molecular flexibility index (Phi) is 3.95. The molecule has 2 aromatic carbocycles. The molecule has 6 heteroatoms. The van der Waals surface area contributed by atoms with Crippen molar-refractivity contribution in [2.75, 3.05) is 0 Å². The van der Waals surface area contributed by atoms with E-state index in [0.717, 1.165) is 0 Å².